The van der Waals surface area contributed by atoms with E-state index in [2.05, 4.69) is 10.4 Å². The van der Waals surface area contributed by atoms with Crippen molar-refractivity contribution in [2.45, 2.75) is 19.5 Å². The first-order chi connectivity index (χ1) is 13.3. The van der Waals surface area contributed by atoms with Gasteiger partial charge in [0.25, 0.3) is 0 Å². The van der Waals surface area contributed by atoms with E-state index in [-0.39, 0.29) is 18.1 Å². The zero-order valence-corrected chi connectivity index (χ0v) is 15.0. The van der Waals surface area contributed by atoms with Gasteiger partial charge in [-0.05, 0) is 36.8 Å². The van der Waals surface area contributed by atoms with Crippen molar-refractivity contribution in [1.29, 1.82) is 0 Å². The maximum absolute atomic E-state index is 12.2. The monoisotopic (exact) mass is 389 g/mol. The first-order valence-electron chi connectivity index (χ1n) is 8.49. The number of aromatic nitrogens is 2. The third-order valence-electron chi connectivity index (χ3n) is 3.82. The molecule has 1 amide bonds. The van der Waals surface area contributed by atoms with Crippen LogP contribution in [0.25, 0.3) is 5.69 Å². The van der Waals surface area contributed by atoms with Crippen LogP contribution >= 0.6 is 0 Å². The number of nitrogens with one attached hydrogen (secondary N) is 1. The molecule has 3 rings (SSSR count). The fraction of sp³-hybridized carbons (Fsp3) is 0.200. The molecule has 5 nitrogen and oxygen atoms in total. The molecule has 0 atom stereocenters. The Balaban J connectivity index is 1.59. The van der Waals surface area contributed by atoms with Crippen molar-refractivity contribution in [3.05, 3.63) is 71.9 Å². The van der Waals surface area contributed by atoms with Crippen LogP contribution in [-0.4, -0.2) is 28.5 Å². The number of aryl methyl sites for hydroxylation is 1. The molecule has 0 fully saturated rings. The highest BCUT2D eigenvalue weighted by Gasteiger charge is 2.28. The number of amides is 1. The molecule has 1 heterocycles. The molecule has 28 heavy (non-hydrogen) atoms. The smallest absolute Gasteiger partial charge is 0.422 e. The van der Waals surface area contributed by atoms with Crippen LogP contribution in [0.2, 0.25) is 0 Å². The van der Waals surface area contributed by atoms with Crippen LogP contribution in [0.4, 0.5) is 19.0 Å². The number of benzene rings is 2. The van der Waals surface area contributed by atoms with Crippen LogP contribution in [0.5, 0.6) is 5.75 Å². The maximum atomic E-state index is 12.2. The van der Waals surface area contributed by atoms with Gasteiger partial charge in [-0.3, -0.25) is 4.79 Å². The normalized spacial score (nSPS) is 11.3. The number of hydrogen-bond acceptors (Lipinski definition) is 3. The van der Waals surface area contributed by atoms with Gasteiger partial charge in [0, 0.05) is 12.3 Å². The first kappa shape index (κ1) is 19.5. The molecule has 3 aromatic rings. The number of carbonyl (C=O) groups is 1. The van der Waals surface area contributed by atoms with Crippen molar-refractivity contribution in [1.82, 2.24) is 9.78 Å². The van der Waals surface area contributed by atoms with E-state index in [1.54, 1.807) is 29.1 Å². The van der Waals surface area contributed by atoms with Gasteiger partial charge in [0.15, 0.2) is 12.4 Å². The average Bonchev–Trinajstić information content (AvgIpc) is 3.08. The molecule has 1 N–H and O–H groups in total. The van der Waals surface area contributed by atoms with Gasteiger partial charge >= 0.3 is 6.18 Å². The lowest BCUT2D eigenvalue weighted by atomic mass is 10.1. The minimum atomic E-state index is -4.41. The molecule has 0 saturated carbocycles. The lowest BCUT2D eigenvalue weighted by Crippen LogP contribution is -2.19. The Hall–Kier alpha value is -3.29. The number of anilines is 1. The summed E-state index contributed by atoms with van der Waals surface area (Å²) in [7, 11) is 0. The van der Waals surface area contributed by atoms with Gasteiger partial charge in [-0.1, -0.05) is 29.8 Å². The second-order valence-corrected chi connectivity index (χ2v) is 6.26. The second-order valence-electron chi connectivity index (χ2n) is 6.26. The van der Waals surface area contributed by atoms with Gasteiger partial charge in [0.05, 0.1) is 12.1 Å². The number of halogens is 3. The zero-order valence-electron chi connectivity index (χ0n) is 15.0. The number of alkyl halides is 3. The Kier molecular flexibility index (Phi) is 5.67. The van der Waals surface area contributed by atoms with Gasteiger partial charge in [-0.2, -0.15) is 18.3 Å². The molecule has 8 heteroatoms. The fourth-order valence-corrected chi connectivity index (χ4v) is 2.51. The van der Waals surface area contributed by atoms with Crippen molar-refractivity contribution in [3.63, 3.8) is 0 Å². The van der Waals surface area contributed by atoms with Gasteiger partial charge in [0.2, 0.25) is 5.91 Å². The summed E-state index contributed by atoms with van der Waals surface area (Å²) in [6.07, 6.45) is -2.70. The molecule has 0 aliphatic heterocycles. The van der Waals surface area contributed by atoms with E-state index in [4.69, 9.17) is 4.74 Å². The molecule has 0 unspecified atom stereocenters. The lowest BCUT2D eigenvalue weighted by Gasteiger charge is -2.10. The summed E-state index contributed by atoms with van der Waals surface area (Å²) >= 11 is 0. The van der Waals surface area contributed by atoms with Crippen LogP contribution in [0.15, 0.2) is 60.8 Å². The summed E-state index contributed by atoms with van der Waals surface area (Å²) in [4.78, 5) is 12.2. The molecular weight excluding hydrogens is 371 g/mol. The molecule has 0 bridgehead atoms. The van der Waals surface area contributed by atoms with E-state index in [9.17, 15) is 18.0 Å². The van der Waals surface area contributed by atoms with Gasteiger partial charge < -0.3 is 10.1 Å². The number of ether oxygens (including phenoxy) is 1. The Morgan fingerprint density at radius 3 is 2.61 bits per heavy atom. The number of rotatable bonds is 6. The summed E-state index contributed by atoms with van der Waals surface area (Å²) in [5.74, 6) is 0.114. The molecule has 0 saturated heterocycles. The highest BCUT2D eigenvalue weighted by molar-refractivity contribution is 5.91. The Bertz CT molecular complexity index is 950. The van der Waals surface area contributed by atoms with Crippen molar-refractivity contribution >= 4 is 11.7 Å². The molecule has 0 radical (unpaired) electrons. The zero-order chi connectivity index (χ0) is 20.1. The Morgan fingerprint density at radius 2 is 1.89 bits per heavy atom. The standard InChI is InChI=1S/C20H18F3N3O2/c1-14-5-7-16(8-6-14)26-10-9-18(25-26)24-19(27)12-15-3-2-4-17(11-15)28-13-20(21,22)23/h2-11H,12-13H2,1H3,(H,24,25,27). The maximum Gasteiger partial charge on any atom is 0.422 e. The predicted molar refractivity (Wildman–Crippen MR) is 98.6 cm³/mol. The first-order valence-corrected chi connectivity index (χ1v) is 8.49. The molecular formula is C20H18F3N3O2. The highest BCUT2D eigenvalue weighted by atomic mass is 19.4. The predicted octanol–water partition coefficient (Wildman–Crippen LogP) is 4.30. The van der Waals surface area contributed by atoms with Crippen molar-refractivity contribution in [3.8, 4) is 11.4 Å². The summed E-state index contributed by atoms with van der Waals surface area (Å²) in [5.41, 5.74) is 2.53. The van der Waals surface area contributed by atoms with E-state index < -0.39 is 12.8 Å². The summed E-state index contributed by atoms with van der Waals surface area (Å²) in [6, 6.07) is 15.4. The fourth-order valence-electron chi connectivity index (χ4n) is 2.51. The minimum Gasteiger partial charge on any atom is -0.484 e. The SMILES string of the molecule is Cc1ccc(-n2ccc(NC(=O)Cc3cccc(OCC(F)(F)F)c3)n2)cc1. The third-order valence-corrected chi connectivity index (χ3v) is 3.82. The Morgan fingerprint density at radius 1 is 1.14 bits per heavy atom. The van der Waals surface area contributed by atoms with E-state index in [1.165, 1.54) is 12.1 Å². The van der Waals surface area contributed by atoms with Crippen LogP contribution in [-0.2, 0) is 11.2 Å². The molecule has 0 aliphatic carbocycles. The van der Waals surface area contributed by atoms with E-state index in [0.717, 1.165) is 11.3 Å². The highest BCUT2D eigenvalue weighted by Crippen LogP contribution is 2.20. The van der Waals surface area contributed by atoms with Crippen LogP contribution in [0.1, 0.15) is 11.1 Å². The van der Waals surface area contributed by atoms with Crippen LogP contribution in [0.3, 0.4) is 0 Å². The molecule has 0 spiro atoms. The van der Waals surface area contributed by atoms with E-state index in [1.807, 2.05) is 31.2 Å². The Labute approximate surface area is 159 Å². The second kappa shape index (κ2) is 8.16. The number of nitrogens with zero attached hydrogens (tertiary/aromatic N) is 2. The van der Waals surface area contributed by atoms with Gasteiger partial charge in [0.1, 0.15) is 5.75 Å². The van der Waals surface area contributed by atoms with E-state index >= 15 is 0 Å². The average molecular weight is 389 g/mol. The van der Waals surface area contributed by atoms with Gasteiger partial charge in [-0.15, -0.1) is 0 Å². The number of carbonyl (C=O) groups excluding carboxylic acids is 1. The van der Waals surface area contributed by atoms with E-state index in [0.29, 0.717) is 11.4 Å². The largest absolute Gasteiger partial charge is 0.484 e. The molecule has 0 aliphatic rings. The summed E-state index contributed by atoms with van der Waals surface area (Å²) in [6.45, 7) is 0.612. The van der Waals surface area contributed by atoms with Gasteiger partial charge in [-0.25, -0.2) is 4.68 Å². The van der Waals surface area contributed by atoms with Crippen LogP contribution < -0.4 is 10.1 Å². The summed E-state index contributed by atoms with van der Waals surface area (Å²) in [5, 5.41) is 6.98. The van der Waals surface area contributed by atoms with Crippen molar-refractivity contribution in [2.24, 2.45) is 0 Å². The van der Waals surface area contributed by atoms with Crippen molar-refractivity contribution < 1.29 is 22.7 Å². The number of hydrogen-bond donors (Lipinski definition) is 1. The molecule has 2 aromatic carbocycles. The lowest BCUT2D eigenvalue weighted by molar-refractivity contribution is -0.153. The minimum absolute atomic E-state index is 0.0133. The third kappa shape index (κ3) is 5.60. The quantitative estimate of drug-likeness (QED) is 0.684. The van der Waals surface area contributed by atoms with Crippen LogP contribution in [0, 0.1) is 6.92 Å². The molecule has 1 aromatic heterocycles. The topological polar surface area (TPSA) is 56.2 Å². The summed E-state index contributed by atoms with van der Waals surface area (Å²) < 4.78 is 43.1. The van der Waals surface area contributed by atoms with Crippen molar-refractivity contribution in [2.75, 3.05) is 11.9 Å². The molecule has 146 valence electrons.